The smallest absolute Gasteiger partial charge is 0.0580 e. The summed E-state index contributed by atoms with van der Waals surface area (Å²) in [4.78, 5) is 4.37. The number of anilines is 1. The van der Waals surface area contributed by atoms with E-state index in [0.717, 1.165) is 37.4 Å². The Hall–Kier alpha value is -2.61. The van der Waals surface area contributed by atoms with E-state index in [1.54, 1.807) is 0 Å². The van der Waals surface area contributed by atoms with Crippen molar-refractivity contribution >= 4 is 17.5 Å². The minimum absolute atomic E-state index is 0.488. The van der Waals surface area contributed by atoms with Crippen LogP contribution in [-0.4, -0.2) is 12.8 Å². The largest absolute Gasteiger partial charge is 0.359 e. The lowest BCUT2D eigenvalue weighted by Crippen LogP contribution is -2.20. The van der Waals surface area contributed by atoms with Crippen LogP contribution in [0.5, 0.6) is 0 Å². The Balaban J connectivity index is 1.50. The summed E-state index contributed by atoms with van der Waals surface area (Å²) in [5, 5.41) is 3.73. The van der Waals surface area contributed by atoms with E-state index >= 15 is 0 Å². The number of benzene rings is 2. The van der Waals surface area contributed by atoms with Crippen molar-refractivity contribution in [3.63, 3.8) is 0 Å². The highest BCUT2D eigenvalue weighted by molar-refractivity contribution is 6.11. The third kappa shape index (κ3) is 5.36. The van der Waals surface area contributed by atoms with E-state index in [2.05, 4.69) is 80.1 Å². The molecule has 0 saturated heterocycles. The van der Waals surface area contributed by atoms with Gasteiger partial charge in [0.05, 0.1) is 6.54 Å². The number of nitrogens with zero attached hydrogens (tertiary/aromatic N) is 1. The van der Waals surface area contributed by atoms with E-state index in [-0.39, 0.29) is 0 Å². The molecule has 4 rings (SSSR count). The molecule has 2 nitrogen and oxygen atoms in total. The molecule has 1 aliphatic carbocycles. The zero-order chi connectivity index (χ0) is 21.8. The van der Waals surface area contributed by atoms with Gasteiger partial charge in [-0.3, -0.25) is 4.99 Å². The molecule has 2 aromatic carbocycles. The second-order valence-corrected chi connectivity index (χ2v) is 9.67. The average Bonchev–Trinajstić information content (AvgIpc) is 3.29. The topological polar surface area (TPSA) is 24.4 Å². The van der Waals surface area contributed by atoms with Gasteiger partial charge in [-0.05, 0) is 84.9 Å². The molecular formula is C29H36N2. The highest BCUT2D eigenvalue weighted by Gasteiger charge is 2.21. The standard InChI is InChI=1S/C29H36N2/c1-20(2)6-5-7-26-18-25(27-14-15-30-19-27)12-13-29(26)31-22(4)24-11-10-23-9-8-21(3)16-28(23)17-24/h8-9,12-14,16,18-20,24,31H,4-7,10-11,15,17H2,1-3H3. The number of nitrogens with one attached hydrogen (secondary N) is 1. The van der Waals surface area contributed by atoms with Crippen molar-refractivity contribution in [2.24, 2.45) is 16.8 Å². The molecule has 2 heteroatoms. The van der Waals surface area contributed by atoms with Crippen molar-refractivity contribution in [3.8, 4) is 0 Å². The normalized spacial score (nSPS) is 17.5. The molecule has 0 saturated carbocycles. The van der Waals surface area contributed by atoms with Gasteiger partial charge < -0.3 is 5.32 Å². The van der Waals surface area contributed by atoms with Crippen LogP contribution in [0.1, 0.15) is 60.9 Å². The number of aryl methyl sites for hydroxylation is 3. The third-order valence-electron chi connectivity index (χ3n) is 6.69. The van der Waals surface area contributed by atoms with Gasteiger partial charge in [-0.1, -0.05) is 62.8 Å². The molecule has 162 valence electrons. The lowest BCUT2D eigenvalue weighted by molar-refractivity contribution is 0.529. The number of allylic oxidation sites excluding steroid dienone is 2. The molecule has 1 atom stereocenters. The predicted molar refractivity (Wildman–Crippen MR) is 135 cm³/mol. The second-order valence-electron chi connectivity index (χ2n) is 9.67. The fourth-order valence-electron chi connectivity index (χ4n) is 4.81. The Morgan fingerprint density at radius 3 is 2.81 bits per heavy atom. The Kier molecular flexibility index (Phi) is 6.75. The second kappa shape index (κ2) is 9.68. The Bertz CT molecular complexity index is 1010. The van der Waals surface area contributed by atoms with Gasteiger partial charge in [0.25, 0.3) is 0 Å². The van der Waals surface area contributed by atoms with Crippen LogP contribution in [0.25, 0.3) is 5.57 Å². The van der Waals surface area contributed by atoms with Crippen molar-refractivity contribution in [3.05, 3.63) is 82.6 Å². The summed E-state index contributed by atoms with van der Waals surface area (Å²) < 4.78 is 0. The van der Waals surface area contributed by atoms with Gasteiger partial charge in [0.1, 0.15) is 0 Å². The van der Waals surface area contributed by atoms with Crippen molar-refractivity contribution in [2.45, 2.75) is 59.3 Å². The van der Waals surface area contributed by atoms with E-state index < -0.39 is 0 Å². The molecule has 1 unspecified atom stereocenters. The fraction of sp³-hybridized carbons (Fsp3) is 0.414. The van der Waals surface area contributed by atoms with E-state index in [1.165, 1.54) is 58.3 Å². The van der Waals surface area contributed by atoms with Crippen LogP contribution in [0.15, 0.2) is 59.7 Å². The lowest BCUT2D eigenvalue weighted by atomic mass is 9.81. The molecule has 0 aromatic heterocycles. The first-order valence-electron chi connectivity index (χ1n) is 11.9. The molecule has 1 heterocycles. The first-order valence-corrected chi connectivity index (χ1v) is 11.9. The van der Waals surface area contributed by atoms with Gasteiger partial charge in [0.15, 0.2) is 0 Å². The molecule has 0 bridgehead atoms. The molecule has 0 amide bonds. The van der Waals surface area contributed by atoms with Crippen LogP contribution in [0.2, 0.25) is 0 Å². The van der Waals surface area contributed by atoms with Crippen molar-refractivity contribution in [1.29, 1.82) is 0 Å². The van der Waals surface area contributed by atoms with E-state index in [1.807, 2.05) is 6.21 Å². The van der Waals surface area contributed by atoms with E-state index in [9.17, 15) is 0 Å². The minimum atomic E-state index is 0.488. The van der Waals surface area contributed by atoms with Gasteiger partial charge in [0, 0.05) is 23.5 Å². The Morgan fingerprint density at radius 1 is 1.16 bits per heavy atom. The quantitative estimate of drug-likeness (QED) is 0.488. The fourth-order valence-corrected chi connectivity index (χ4v) is 4.81. The molecule has 31 heavy (non-hydrogen) atoms. The highest BCUT2D eigenvalue weighted by atomic mass is 14.9. The first-order chi connectivity index (χ1) is 15.0. The zero-order valence-corrected chi connectivity index (χ0v) is 19.4. The zero-order valence-electron chi connectivity index (χ0n) is 19.4. The number of aliphatic imine (C=N–C) groups is 1. The van der Waals surface area contributed by atoms with Gasteiger partial charge in [-0.2, -0.15) is 0 Å². The van der Waals surface area contributed by atoms with Gasteiger partial charge in [-0.15, -0.1) is 0 Å². The number of hydrogen-bond acceptors (Lipinski definition) is 2. The predicted octanol–water partition coefficient (Wildman–Crippen LogP) is 7.17. The molecule has 1 N–H and O–H groups in total. The molecule has 1 aliphatic heterocycles. The van der Waals surface area contributed by atoms with E-state index in [4.69, 9.17) is 0 Å². The Labute approximate surface area is 188 Å². The van der Waals surface area contributed by atoms with Crippen LogP contribution >= 0.6 is 0 Å². The van der Waals surface area contributed by atoms with E-state index in [0.29, 0.717) is 5.92 Å². The van der Waals surface area contributed by atoms with Crippen molar-refractivity contribution < 1.29 is 0 Å². The van der Waals surface area contributed by atoms with Gasteiger partial charge in [-0.25, -0.2) is 0 Å². The summed E-state index contributed by atoms with van der Waals surface area (Å²) in [6, 6.07) is 13.7. The lowest BCUT2D eigenvalue weighted by Gasteiger charge is -2.28. The molecular weight excluding hydrogens is 376 g/mol. The number of fused-ring (bicyclic) bond motifs is 1. The molecule has 2 aromatic rings. The maximum atomic E-state index is 4.47. The minimum Gasteiger partial charge on any atom is -0.359 e. The maximum Gasteiger partial charge on any atom is 0.0580 e. The SMILES string of the molecule is C=C(Nc1ccc(C2=CCN=C2)cc1CCCC(C)C)C1CCc2ccc(C)cc2C1. The van der Waals surface area contributed by atoms with Crippen LogP contribution in [0.3, 0.4) is 0 Å². The summed E-state index contributed by atoms with van der Waals surface area (Å²) in [6.45, 7) is 12.1. The third-order valence-corrected chi connectivity index (χ3v) is 6.69. The van der Waals surface area contributed by atoms with Gasteiger partial charge >= 0.3 is 0 Å². The maximum absolute atomic E-state index is 4.47. The average molecular weight is 413 g/mol. The van der Waals surface area contributed by atoms with Crippen LogP contribution in [0, 0.1) is 18.8 Å². The molecule has 2 aliphatic rings. The van der Waals surface area contributed by atoms with Crippen LogP contribution in [0.4, 0.5) is 5.69 Å². The molecule has 0 radical (unpaired) electrons. The monoisotopic (exact) mass is 412 g/mol. The molecule has 0 fully saturated rings. The number of hydrogen-bond donors (Lipinski definition) is 1. The summed E-state index contributed by atoms with van der Waals surface area (Å²) in [5.41, 5.74) is 10.7. The summed E-state index contributed by atoms with van der Waals surface area (Å²) in [7, 11) is 0. The molecule has 0 spiro atoms. The number of rotatable bonds is 8. The van der Waals surface area contributed by atoms with Crippen LogP contribution in [-0.2, 0) is 19.3 Å². The first kappa shape index (κ1) is 21.6. The Morgan fingerprint density at radius 2 is 2.03 bits per heavy atom. The highest BCUT2D eigenvalue weighted by Crippen LogP contribution is 2.32. The van der Waals surface area contributed by atoms with Crippen LogP contribution < -0.4 is 5.32 Å². The summed E-state index contributed by atoms with van der Waals surface area (Å²) in [6.07, 6.45) is 11.2. The summed E-state index contributed by atoms with van der Waals surface area (Å²) >= 11 is 0. The van der Waals surface area contributed by atoms with Crippen molar-refractivity contribution in [2.75, 3.05) is 11.9 Å². The van der Waals surface area contributed by atoms with Crippen molar-refractivity contribution in [1.82, 2.24) is 0 Å². The van der Waals surface area contributed by atoms with Gasteiger partial charge in [0.2, 0.25) is 0 Å². The summed E-state index contributed by atoms with van der Waals surface area (Å²) in [5.74, 6) is 1.23.